The molecule has 1 saturated heterocycles. The van der Waals surface area contributed by atoms with Crippen molar-refractivity contribution in [3.05, 3.63) is 83.1 Å². The first-order valence-corrected chi connectivity index (χ1v) is 12.2. The van der Waals surface area contributed by atoms with Crippen LogP contribution in [0.4, 0.5) is 15.9 Å². The zero-order chi connectivity index (χ0) is 24.5. The number of carbonyl (C=O) groups is 2. The molecule has 0 aliphatic carbocycles. The fraction of sp³-hybridized carbons (Fsp3) is 0.357. The van der Waals surface area contributed by atoms with Crippen LogP contribution >= 0.6 is 13.5 Å². The highest BCUT2D eigenvalue weighted by molar-refractivity contribution is 7.59. The molecule has 6 nitrogen and oxygen atoms in total. The minimum Gasteiger partial charge on any atom is -0.343 e. The molecule has 8 heteroatoms. The van der Waals surface area contributed by atoms with E-state index in [4.69, 9.17) is 4.98 Å². The van der Waals surface area contributed by atoms with Gasteiger partial charge in [0.25, 0.3) is 0 Å². The summed E-state index contributed by atoms with van der Waals surface area (Å²) in [4.78, 5) is 38.9. The third-order valence-electron chi connectivity index (χ3n) is 6.81. The number of hydrogen-bond donors (Lipinski definition) is 0. The van der Waals surface area contributed by atoms with Crippen molar-refractivity contribution in [2.75, 3.05) is 16.3 Å². The van der Waals surface area contributed by atoms with Gasteiger partial charge in [-0.2, -0.15) is 13.5 Å². The average Bonchev–Trinajstić information content (AvgIpc) is 3.35. The second-order valence-corrected chi connectivity index (χ2v) is 9.57. The van der Waals surface area contributed by atoms with E-state index in [1.165, 1.54) is 24.3 Å². The van der Waals surface area contributed by atoms with Gasteiger partial charge >= 0.3 is 0 Å². The number of aryl methyl sites for hydroxylation is 2. The Morgan fingerprint density at radius 2 is 1.75 bits per heavy atom. The van der Waals surface area contributed by atoms with Crippen molar-refractivity contribution in [3.63, 3.8) is 0 Å². The van der Waals surface area contributed by atoms with E-state index in [1.54, 1.807) is 6.20 Å². The van der Waals surface area contributed by atoms with Crippen LogP contribution in [0.5, 0.6) is 0 Å². The average molecular weight is 507 g/mol. The fourth-order valence-corrected chi connectivity index (χ4v) is 5.00. The molecule has 1 amide bonds. The van der Waals surface area contributed by atoms with Crippen LogP contribution in [-0.4, -0.2) is 40.3 Å². The maximum absolute atomic E-state index is 13.1. The third kappa shape index (κ3) is 5.14. The van der Waals surface area contributed by atoms with E-state index < -0.39 is 0 Å². The fourth-order valence-electron chi connectivity index (χ4n) is 5.00. The summed E-state index contributed by atoms with van der Waals surface area (Å²) in [6.45, 7) is 4.90. The number of hydrogen-bond acceptors (Lipinski definition) is 5. The van der Waals surface area contributed by atoms with Crippen molar-refractivity contribution < 1.29 is 14.0 Å². The van der Waals surface area contributed by atoms with E-state index in [1.807, 2.05) is 43.0 Å². The van der Waals surface area contributed by atoms with Crippen molar-refractivity contribution in [1.82, 2.24) is 9.97 Å². The van der Waals surface area contributed by atoms with Crippen molar-refractivity contribution in [2.45, 2.75) is 58.0 Å². The largest absolute Gasteiger partial charge is 0.343 e. The van der Waals surface area contributed by atoms with Gasteiger partial charge in [-0.1, -0.05) is 24.3 Å². The standard InChI is InChI=1S/C28H29FN4O2.H2S/c1-18(2)33-24-17-30-26(31-27(24)32-15-3-4-23(32)28(33)35)14-9-19-5-7-20(8-6-19)16-25(34)21-10-12-22(29)13-11-21;/h5-8,10-13,17-18,23H,3-4,9,14-16H2,1-2H3;1H2/t23-;/m0./s1. The second kappa shape index (κ2) is 10.8. The molecule has 0 N–H and O–H groups in total. The normalized spacial score (nSPS) is 16.6. The van der Waals surface area contributed by atoms with Crippen molar-refractivity contribution in [3.8, 4) is 0 Å². The molecule has 2 aromatic carbocycles. The van der Waals surface area contributed by atoms with Gasteiger partial charge in [0.2, 0.25) is 5.91 Å². The lowest BCUT2D eigenvalue weighted by molar-refractivity contribution is -0.120. The third-order valence-corrected chi connectivity index (χ3v) is 6.81. The Morgan fingerprint density at radius 1 is 1.06 bits per heavy atom. The number of fused-ring (bicyclic) bond motifs is 3. The number of anilines is 2. The van der Waals surface area contributed by atoms with Gasteiger partial charge in [0.05, 0.1) is 6.20 Å². The summed E-state index contributed by atoms with van der Waals surface area (Å²) in [5.74, 6) is 1.41. The number of rotatable bonds is 7. The Hall–Kier alpha value is -3.26. The molecular formula is C28H31FN4O2S. The highest BCUT2D eigenvalue weighted by Gasteiger charge is 2.42. The van der Waals surface area contributed by atoms with Crippen molar-refractivity contribution in [1.29, 1.82) is 0 Å². The summed E-state index contributed by atoms with van der Waals surface area (Å²) in [6, 6.07) is 13.6. The lowest BCUT2D eigenvalue weighted by Gasteiger charge is -2.40. The molecule has 5 rings (SSSR count). The minimum absolute atomic E-state index is 0. The monoisotopic (exact) mass is 506 g/mol. The summed E-state index contributed by atoms with van der Waals surface area (Å²) in [5, 5.41) is 0. The Balaban J connectivity index is 0.00000304. The van der Waals surface area contributed by atoms with Crippen LogP contribution in [0.1, 0.15) is 54.0 Å². The number of aromatic nitrogens is 2. The molecule has 0 bridgehead atoms. The summed E-state index contributed by atoms with van der Waals surface area (Å²) >= 11 is 0. The van der Waals surface area contributed by atoms with E-state index in [0.29, 0.717) is 12.0 Å². The lowest BCUT2D eigenvalue weighted by Crippen LogP contribution is -2.53. The number of nitrogens with zero attached hydrogens (tertiary/aromatic N) is 4. The quantitative estimate of drug-likeness (QED) is 0.436. The molecule has 3 heterocycles. The Labute approximate surface area is 218 Å². The van der Waals surface area contributed by atoms with Crippen LogP contribution < -0.4 is 9.80 Å². The second-order valence-electron chi connectivity index (χ2n) is 9.57. The predicted molar refractivity (Wildman–Crippen MR) is 144 cm³/mol. The van der Waals surface area contributed by atoms with Crippen molar-refractivity contribution >= 4 is 36.7 Å². The number of ketones is 1. The van der Waals surface area contributed by atoms with Gasteiger partial charge in [0, 0.05) is 31.0 Å². The van der Waals surface area contributed by atoms with Gasteiger partial charge in [-0.05, 0) is 68.5 Å². The Morgan fingerprint density at radius 3 is 2.44 bits per heavy atom. The first-order valence-electron chi connectivity index (χ1n) is 12.2. The lowest BCUT2D eigenvalue weighted by atomic mass is 10.0. The molecule has 0 unspecified atom stereocenters. The summed E-state index contributed by atoms with van der Waals surface area (Å²) in [7, 11) is 0. The minimum atomic E-state index is -0.347. The maximum Gasteiger partial charge on any atom is 0.250 e. The topological polar surface area (TPSA) is 66.4 Å². The van der Waals surface area contributed by atoms with E-state index in [2.05, 4.69) is 9.88 Å². The number of carbonyl (C=O) groups excluding carboxylic acids is 2. The summed E-state index contributed by atoms with van der Waals surface area (Å²) in [5.41, 5.74) is 3.38. The molecule has 36 heavy (non-hydrogen) atoms. The van der Waals surface area contributed by atoms with Gasteiger partial charge in [-0.25, -0.2) is 14.4 Å². The van der Waals surface area contributed by atoms with Crippen LogP contribution in [0.2, 0.25) is 0 Å². The molecule has 0 spiro atoms. The maximum atomic E-state index is 13.1. The molecule has 3 aromatic rings. The van der Waals surface area contributed by atoms with Crippen LogP contribution in [-0.2, 0) is 24.1 Å². The number of amides is 1. The Bertz CT molecular complexity index is 1250. The highest BCUT2D eigenvalue weighted by Crippen LogP contribution is 2.39. The number of halogens is 1. The van der Waals surface area contributed by atoms with Gasteiger partial charge in [-0.3, -0.25) is 9.59 Å². The molecular weight excluding hydrogens is 475 g/mol. The van der Waals surface area contributed by atoms with Gasteiger partial charge in [0.15, 0.2) is 11.6 Å². The van der Waals surface area contributed by atoms with E-state index in [-0.39, 0.29) is 49.5 Å². The van der Waals surface area contributed by atoms with E-state index >= 15 is 0 Å². The Kier molecular flexibility index (Phi) is 7.73. The van der Waals surface area contributed by atoms with Gasteiger partial charge in [-0.15, -0.1) is 0 Å². The SMILES string of the molecule is CC(C)N1C(=O)[C@@H]2CCCN2c2nc(CCc3ccc(CC(=O)c4ccc(F)cc4)cc3)ncc21.S. The molecule has 0 radical (unpaired) electrons. The smallest absolute Gasteiger partial charge is 0.250 e. The summed E-state index contributed by atoms with van der Waals surface area (Å²) in [6.07, 6.45) is 5.42. The zero-order valence-electron chi connectivity index (χ0n) is 20.6. The molecule has 1 atom stereocenters. The van der Waals surface area contributed by atoms with Gasteiger partial charge in [0.1, 0.15) is 23.4 Å². The van der Waals surface area contributed by atoms with Crippen LogP contribution in [0.3, 0.4) is 0 Å². The van der Waals surface area contributed by atoms with Gasteiger partial charge < -0.3 is 9.80 Å². The first kappa shape index (κ1) is 25.8. The van der Waals surface area contributed by atoms with E-state index in [0.717, 1.165) is 54.3 Å². The van der Waals surface area contributed by atoms with Crippen molar-refractivity contribution in [2.24, 2.45) is 0 Å². The number of benzene rings is 2. The van der Waals surface area contributed by atoms with Crippen LogP contribution in [0.15, 0.2) is 54.7 Å². The highest BCUT2D eigenvalue weighted by atomic mass is 32.1. The number of Topliss-reactive ketones (excluding diaryl/α,β-unsaturated/α-hetero) is 1. The predicted octanol–water partition coefficient (Wildman–Crippen LogP) is 4.66. The molecule has 2 aliphatic heterocycles. The zero-order valence-corrected chi connectivity index (χ0v) is 21.6. The molecule has 1 aromatic heterocycles. The first-order chi connectivity index (χ1) is 16.9. The molecule has 1 fully saturated rings. The van der Waals surface area contributed by atoms with E-state index in [9.17, 15) is 14.0 Å². The molecule has 2 aliphatic rings. The summed E-state index contributed by atoms with van der Waals surface area (Å²) < 4.78 is 13.1. The molecule has 188 valence electrons. The molecule has 0 saturated carbocycles. The van der Waals surface area contributed by atoms with Crippen LogP contribution in [0, 0.1) is 5.82 Å². The van der Waals surface area contributed by atoms with Crippen LogP contribution in [0.25, 0.3) is 0 Å².